The molecule has 0 aliphatic carbocycles. The molecule has 11 aromatic carbocycles. The third-order valence-corrected chi connectivity index (χ3v) is 12.2. The quantitative estimate of drug-likeness (QED) is 0.157. The first-order valence-corrected chi connectivity index (χ1v) is 20.6. The second-order valence-electron chi connectivity index (χ2n) is 15.6. The van der Waals surface area contributed by atoms with Crippen molar-refractivity contribution >= 4 is 82.1 Å². The van der Waals surface area contributed by atoms with Crippen molar-refractivity contribution in [1.82, 2.24) is 0 Å². The summed E-state index contributed by atoms with van der Waals surface area (Å²) < 4.78 is 7.14. The third kappa shape index (κ3) is 5.42. The molecule has 60 heavy (non-hydrogen) atoms. The number of nitrogens with zero attached hydrogens (tertiary/aromatic N) is 1. The minimum absolute atomic E-state index is 0.847. The van der Waals surface area contributed by atoms with Crippen molar-refractivity contribution in [3.8, 4) is 33.4 Å². The summed E-state index contributed by atoms with van der Waals surface area (Å²) in [5.74, 6) is 0. The first-order chi connectivity index (χ1) is 29.8. The Hall–Kier alpha value is -7.94. The molecule has 0 aliphatic heterocycles. The molecule has 0 bridgehead atoms. The molecule has 0 spiro atoms. The van der Waals surface area contributed by atoms with Crippen LogP contribution in [-0.2, 0) is 0 Å². The fourth-order valence-electron chi connectivity index (χ4n) is 9.51. The van der Waals surface area contributed by atoms with Crippen molar-refractivity contribution in [3.63, 3.8) is 0 Å². The van der Waals surface area contributed by atoms with Crippen LogP contribution in [-0.4, -0.2) is 0 Å². The lowest BCUT2D eigenvalue weighted by Crippen LogP contribution is -2.11. The monoisotopic (exact) mass is 763 g/mol. The predicted molar refractivity (Wildman–Crippen MR) is 255 cm³/mol. The van der Waals surface area contributed by atoms with Gasteiger partial charge in [0.05, 0.1) is 16.8 Å². The Morgan fingerprint density at radius 3 is 1.57 bits per heavy atom. The Bertz CT molecular complexity index is 3550. The number of hydrogen-bond acceptors (Lipinski definition) is 2. The van der Waals surface area contributed by atoms with Crippen LogP contribution in [0.25, 0.3) is 98.4 Å². The van der Waals surface area contributed by atoms with Gasteiger partial charge in [0, 0.05) is 22.2 Å². The van der Waals surface area contributed by atoms with Gasteiger partial charge in [-0.3, -0.25) is 0 Å². The summed E-state index contributed by atoms with van der Waals surface area (Å²) in [6.45, 7) is 0. The van der Waals surface area contributed by atoms with Crippen LogP contribution in [0.4, 0.5) is 17.1 Å². The van der Waals surface area contributed by atoms with Crippen LogP contribution < -0.4 is 4.90 Å². The van der Waals surface area contributed by atoms with Gasteiger partial charge in [-0.25, -0.2) is 0 Å². The Morgan fingerprint density at radius 1 is 0.317 bits per heavy atom. The molecule has 12 rings (SSSR count). The summed E-state index contributed by atoms with van der Waals surface area (Å²) >= 11 is 0. The van der Waals surface area contributed by atoms with Crippen molar-refractivity contribution in [2.24, 2.45) is 0 Å². The zero-order chi connectivity index (χ0) is 39.6. The molecule has 0 saturated carbocycles. The van der Waals surface area contributed by atoms with E-state index in [4.69, 9.17) is 4.42 Å². The fraction of sp³-hybridized carbons (Fsp3) is 0. The maximum Gasteiger partial charge on any atom is 0.143 e. The lowest BCUT2D eigenvalue weighted by Gasteiger charge is -2.28. The molecular formula is C58H37NO. The van der Waals surface area contributed by atoms with Gasteiger partial charge in [0.2, 0.25) is 0 Å². The first kappa shape index (κ1) is 34.1. The van der Waals surface area contributed by atoms with Crippen LogP contribution >= 0.6 is 0 Å². The van der Waals surface area contributed by atoms with Gasteiger partial charge < -0.3 is 9.32 Å². The SMILES string of the molecule is c1ccc(-c2ccc(N(c3ccccc3-c3ccccc3)c3cccc4oc5c(-c6ccc7c8ccccc8c8ccccc8c7c6)c6ccccc6cc5c34)cc2)cc1. The maximum absolute atomic E-state index is 7.14. The largest absolute Gasteiger partial charge is 0.455 e. The molecule has 0 radical (unpaired) electrons. The van der Waals surface area contributed by atoms with Gasteiger partial charge >= 0.3 is 0 Å². The molecule has 0 amide bonds. The van der Waals surface area contributed by atoms with Crippen molar-refractivity contribution in [1.29, 1.82) is 0 Å². The number of fused-ring (bicyclic) bond motifs is 10. The molecule has 280 valence electrons. The molecule has 0 atom stereocenters. The third-order valence-electron chi connectivity index (χ3n) is 12.2. The van der Waals surface area contributed by atoms with Gasteiger partial charge in [-0.15, -0.1) is 0 Å². The van der Waals surface area contributed by atoms with Crippen molar-refractivity contribution in [3.05, 3.63) is 224 Å². The maximum atomic E-state index is 7.14. The predicted octanol–water partition coefficient (Wildman–Crippen LogP) is 16.7. The molecule has 0 N–H and O–H groups in total. The standard InChI is InChI=1S/C58H37NO/c1-3-16-38(17-4-1)39-30-33-43(34-31-39)59(53-27-14-13-21-44(53)40-18-5-2-6-19-40)54-28-15-29-55-57(54)52-36-41-20-7-8-22-45(41)56(58(52)60-55)42-32-35-50-48-25-10-9-23-46(48)47-24-11-12-26-49(47)51(50)37-42/h1-37H. The van der Waals surface area contributed by atoms with Gasteiger partial charge in [-0.05, 0) is 108 Å². The number of hydrogen-bond donors (Lipinski definition) is 0. The highest BCUT2D eigenvalue weighted by Crippen LogP contribution is 2.49. The molecule has 1 heterocycles. The van der Waals surface area contributed by atoms with Crippen LogP contribution in [0.1, 0.15) is 0 Å². The Balaban J connectivity index is 1.14. The average molecular weight is 764 g/mol. The Kier molecular flexibility index (Phi) is 7.89. The highest BCUT2D eigenvalue weighted by atomic mass is 16.3. The second-order valence-corrected chi connectivity index (χ2v) is 15.6. The van der Waals surface area contributed by atoms with Gasteiger partial charge in [-0.1, -0.05) is 182 Å². The summed E-state index contributed by atoms with van der Waals surface area (Å²) in [6, 6.07) is 81.0. The van der Waals surface area contributed by atoms with Crippen LogP contribution in [0.2, 0.25) is 0 Å². The summed E-state index contributed by atoms with van der Waals surface area (Å²) in [4.78, 5) is 2.41. The highest BCUT2D eigenvalue weighted by Gasteiger charge is 2.24. The van der Waals surface area contributed by atoms with Crippen LogP contribution in [0.5, 0.6) is 0 Å². The van der Waals surface area contributed by atoms with Crippen LogP contribution in [0, 0.1) is 0 Å². The molecule has 0 saturated heterocycles. The van der Waals surface area contributed by atoms with Crippen molar-refractivity contribution in [2.45, 2.75) is 0 Å². The number of anilines is 3. The van der Waals surface area contributed by atoms with Crippen LogP contribution in [0.15, 0.2) is 229 Å². The van der Waals surface area contributed by atoms with E-state index in [-0.39, 0.29) is 0 Å². The summed E-state index contributed by atoms with van der Waals surface area (Å²) in [7, 11) is 0. The van der Waals surface area contributed by atoms with E-state index < -0.39 is 0 Å². The Morgan fingerprint density at radius 2 is 0.850 bits per heavy atom. The smallest absolute Gasteiger partial charge is 0.143 e. The number of para-hydroxylation sites is 1. The lowest BCUT2D eigenvalue weighted by molar-refractivity contribution is 0.670. The number of benzene rings is 11. The molecule has 0 fully saturated rings. The minimum atomic E-state index is 0.847. The summed E-state index contributed by atoms with van der Waals surface area (Å²) in [6.07, 6.45) is 0. The van der Waals surface area contributed by atoms with Crippen molar-refractivity contribution in [2.75, 3.05) is 4.90 Å². The highest BCUT2D eigenvalue weighted by molar-refractivity contribution is 6.27. The second kappa shape index (κ2) is 13.9. The van der Waals surface area contributed by atoms with E-state index in [1.807, 2.05) is 0 Å². The number of furan rings is 1. The normalized spacial score (nSPS) is 11.7. The Labute approximate surface area is 347 Å². The summed E-state index contributed by atoms with van der Waals surface area (Å²) in [5.41, 5.74) is 11.9. The van der Waals surface area contributed by atoms with Gasteiger partial charge in [0.15, 0.2) is 0 Å². The fourth-order valence-corrected chi connectivity index (χ4v) is 9.51. The van der Waals surface area contributed by atoms with E-state index in [0.29, 0.717) is 0 Å². The minimum Gasteiger partial charge on any atom is -0.455 e. The van der Waals surface area contributed by atoms with E-state index in [2.05, 4.69) is 229 Å². The molecular weight excluding hydrogens is 727 g/mol. The zero-order valence-corrected chi connectivity index (χ0v) is 32.7. The molecule has 2 heteroatoms. The average Bonchev–Trinajstić information content (AvgIpc) is 3.70. The number of rotatable bonds is 6. The van der Waals surface area contributed by atoms with Gasteiger partial charge in [0.1, 0.15) is 11.2 Å². The molecule has 12 aromatic rings. The summed E-state index contributed by atoms with van der Waals surface area (Å²) in [5, 5.41) is 12.0. The van der Waals surface area contributed by atoms with E-state index >= 15 is 0 Å². The van der Waals surface area contributed by atoms with E-state index in [1.54, 1.807) is 0 Å². The van der Waals surface area contributed by atoms with Crippen LogP contribution in [0.3, 0.4) is 0 Å². The lowest BCUT2D eigenvalue weighted by atomic mass is 9.90. The first-order valence-electron chi connectivity index (χ1n) is 20.6. The van der Waals surface area contributed by atoms with E-state index in [0.717, 1.165) is 66.6 Å². The van der Waals surface area contributed by atoms with Gasteiger partial charge in [-0.2, -0.15) is 0 Å². The molecule has 2 nitrogen and oxygen atoms in total. The topological polar surface area (TPSA) is 16.4 Å². The van der Waals surface area contributed by atoms with E-state index in [1.165, 1.54) is 48.8 Å². The molecule has 0 aliphatic rings. The molecule has 1 aromatic heterocycles. The van der Waals surface area contributed by atoms with Gasteiger partial charge in [0.25, 0.3) is 0 Å². The zero-order valence-electron chi connectivity index (χ0n) is 32.7. The van der Waals surface area contributed by atoms with E-state index in [9.17, 15) is 0 Å². The van der Waals surface area contributed by atoms with Crippen molar-refractivity contribution < 1.29 is 4.42 Å². The molecule has 0 unspecified atom stereocenters.